The Balaban J connectivity index is 0.0000360. The van der Waals surface area contributed by atoms with E-state index in [1.54, 1.807) is 0 Å². The average Bonchev–Trinajstić information content (AvgIpc) is 3.24. The fraction of sp³-hybridized carbons (Fsp3) is 0.769. The zero-order valence-corrected chi connectivity index (χ0v) is 42.5. The minimum Gasteiger partial charge on any atom is -0.744 e. The second kappa shape index (κ2) is 43.8. The van der Waals surface area contributed by atoms with Gasteiger partial charge >= 0.3 is 41.5 Å². The van der Waals surface area contributed by atoms with Crippen LogP contribution in [0.1, 0.15) is 266 Å². The maximum atomic E-state index is 13.0. The molecule has 0 aliphatic rings. The molecule has 1 rings (SSSR count). The van der Waals surface area contributed by atoms with Crippen LogP contribution in [0, 0.1) is 0 Å². The minimum absolute atomic E-state index is 0. The largest absolute Gasteiger partial charge is 1.00 e. The van der Waals surface area contributed by atoms with Gasteiger partial charge in [0, 0.05) is 0 Å². The summed E-state index contributed by atoms with van der Waals surface area (Å²) in [5, 5.41) is 0. The molecule has 1 aromatic carbocycles. The van der Waals surface area contributed by atoms with Gasteiger partial charge in [-0.3, -0.25) is 0 Å². The molecule has 0 unspecified atom stereocenters. The maximum Gasteiger partial charge on any atom is 1.00 e. The van der Waals surface area contributed by atoms with Crippen LogP contribution in [0.15, 0.2) is 47.4 Å². The summed E-state index contributed by atoms with van der Waals surface area (Å²) < 4.78 is 45.9. The predicted octanol–water partition coefficient (Wildman–Crippen LogP) is 13.1. The van der Waals surface area contributed by atoms with Gasteiger partial charge in [0.15, 0.2) is 0 Å². The summed E-state index contributed by atoms with van der Waals surface area (Å²) in [7, 11) is -4.82. The Morgan fingerprint density at radius 3 is 1.03 bits per heavy atom. The fourth-order valence-corrected chi connectivity index (χ4v) is 8.12. The molecule has 0 saturated heterocycles. The number of carbonyl (C=O) groups excluding carboxylic acids is 2. The van der Waals surface area contributed by atoms with Crippen molar-refractivity contribution in [2.45, 2.75) is 250 Å². The third kappa shape index (κ3) is 36.6. The zero-order chi connectivity index (χ0) is 43.6. The summed E-state index contributed by atoms with van der Waals surface area (Å²) >= 11 is 0. The van der Waals surface area contributed by atoms with Gasteiger partial charge in [-0.05, 0) is 82.4 Å². The van der Waals surface area contributed by atoms with Crippen molar-refractivity contribution in [2.24, 2.45) is 0 Å². The van der Waals surface area contributed by atoms with Crippen molar-refractivity contribution >= 4 is 22.1 Å². The van der Waals surface area contributed by atoms with Crippen LogP contribution in [0.4, 0.5) is 0 Å². The zero-order valence-electron chi connectivity index (χ0n) is 39.7. The number of unbranched alkanes of at least 4 members (excludes halogenated alkanes) is 32. The van der Waals surface area contributed by atoms with Crippen molar-refractivity contribution in [1.29, 1.82) is 0 Å². The summed E-state index contributed by atoms with van der Waals surface area (Å²) in [5.74, 6) is -1.55. The topological polar surface area (TPSA) is 110 Å². The molecule has 0 spiro atoms. The summed E-state index contributed by atoms with van der Waals surface area (Å²) in [4.78, 5) is 25.3. The molecule has 0 N–H and O–H groups in total. The van der Waals surface area contributed by atoms with Gasteiger partial charge in [-0.1, -0.05) is 205 Å². The normalized spacial score (nSPS) is 11.7. The average molecular weight is 881 g/mol. The molecule has 0 aliphatic heterocycles. The van der Waals surface area contributed by atoms with E-state index in [9.17, 15) is 22.6 Å². The number of allylic oxidation sites excluding steroid dienone is 4. The van der Waals surface area contributed by atoms with E-state index in [0.29, 0.717) is 12.8 Å². The number of benzene rings is 1. The van der Waals surface area contributed by atoms with Crippen molar-refractivity contribution < 1.29 is 61.6 Å². The molecule has 0 saturated carbocycles. The van der Waals surface area contributed by atoms with Crippen molar-refractivity contribution in [3.63, 3.8) is 0 Å². The summed E-state index contributed by atoms with van der Waals surface area (Å²) in [6, 6.07) is 3.15. The predicted molar refractivity (Wildman–Crippen MR) is 251 cm³/mol. The Morgan fingerprint density at radius 1 is 0.443 bits per heavy atom. The van der Waals surface area contributed by atoms with Crippen LogP contribution in [-0.4, -0.2) is 38.1 Å². The molecule has 0 bridgehead atoms. The van der Waals surface area contributed by atoms with Gasteiger partial charge in [-0.25, -0.2) is 18.0 Å². The third-order valence-electron chi connectivity index (χ3n) is 11.5. The fourth-order valence-electron chi connectivity index (χ4n) is 7.62. The van der Waals surface area contributed by atoms with Gasteiger partial charge in [0.1, 0.15) is 10.1 Å². The number of hydrogen-bond acceptors (Lipinski definition) is 7. The molecule has 61 heavy (non-hydrogen) atoms. The van der Waals surface area contributed by atoms with E-state index in [0.717, 1.165) is 50.7 Å². The molecule has 346 valence electrons. The molecule has 0 radical (unpaired) electrons. The number of ether oxygens (including phenoxy) is 2. The molecule has 0 heterocycles. The van der Waals surface area contributed by atoms with Crippen LogP contribution < -0.4 is 29.6 Å². The molecule has 0 aliphatic carbocycles. The van der Waals surface area contributed by atoms with Crippen molar-refractivity contribution in [2.75, 3.05) is 13.2 Å². The molecule has 0 aromatic heterocycles. The van der Waals surface area contributed by atoms with Gasteiger partial charge in [-0.15, -0.1) is 0 Å². The second-order valence-corrected chi connectivity index (χ2v) is 18.5. The van der Waals surface area contributed by atoms with E-state index in [2.05, 4.69) is 38.2 Å². The molecular formula is C52H89NaO7S. The quantitative estimate of drug-likeness (QED) is 0.0211. The third-order valence-corrected chi connectivity index (χ3v) is 12.3. The minimum atomic E-state index is -4.82. The van der Waals surface area contributed by atoms with Crippen LogP contribution in [-0.2, 0) is 19.6 Å². The molecule has 9 heteroatoms. The van der Waals surface area contributed by atoms with E-state index in [4.69, 9.17) is 9.47 Å². The monoisotopic (exact) mass is 881 g/mol. The molecule has 0 amide bonds. The second-order valence-electron chi connectivity index (χ2n) is 17.1. The SMILES string of the molecule is CCCCCCCCCC/C=C/CCCCCCCCCCOC(=O)c1ccc(S(=O)(=O)[O-])cc1C(=O)OCCCCCCCCCC/C=C/CCCCCCCCCC.[Na+]. The van der Waals surface area contributed by atoms with Gasteiger partial charge in [0.05, 0.1) is 29.2 Å². The Hall–Kier alpha value is -1.45. The van der Waals surface area contributed by atoms with Crippen LogP contribution in [0.25, 0.3) is 0 Å². The molecule has 1 aromatic rings. The Kier molecular flexibility index (Phi) is 42.7. The maximum absolute atomic E-state index is 13.0. The van der Waals surface area contributed by atoms with Crippen LogP contribution in [0.5, 0.6) is 0 Å². The van der Waals surface area contributed by atoms with Gasteiger partial charge in [0.2, 0.25) is 0 Å². The summed E-state index contributed by atoms with van der Waals surface area (Å²) in [6.45, 7) is 4.90. The Bertz CT molecular complexity index is 1340. The van der Waals surface area contributed by atoms with E-state index >= 15 is 0 Å². The van der Waals surface area contributed by atoms with Gasteiger partial charge in [-0.2, -0.15) is 0 Å². The van der Waals surface area contributed by atoms with Crippen LogP contribution >= 0.6 is 0 Å². The summed E-state index contributed by atoms with van der Waals surface area (Å²) in [5.41, 5.74) is -0.340. The van der Waals surface area contributed by atoms with Crippen LogP contribution in [0.3, 0.4) is 0 Å². The first-order valence-electron chi connectivity index (χ1n) is 25.0. The van der Waals surface area contributed by atoms with E-state index < -0.39 is 27.0 Å². The first-order chi connectivity index (χ1) is 29.3. The molecule has 0 fully saturated rings. The van der Waals surface area contributed by atoms with Crippen molar-refractivity contribution in [1.82, 2.24) is 0 Å². The molecular weight excluding hydrogens is 792 g/mol. The number of carbonyl (C=O) groups is 2. The number of rotatable bonds is 43. The van der Waals surface area contributed by atoms with E-state index in [1.165, 1.54) is 186 Å². The summed E-state index contributed by atoms with van der Waals surface area (Å²) in [6.07, 6.45) is 53.7. The van der Waals surface area contributed by atoms with Crippen molar-refractivity contribution in [3.05, 3.63) is 53.6 Å². The van der Waals surface area contributed by atoms with E-state index in [1.807, 2.05) is 0 Å². The first-order valence-corrected chi connectivity index (χ1v) is 26.5. The molecule has 0 atom stereocenters. The number of hydrogen-bond donors (Lipinski definition) is 0. The van der Waals surface area contributed by atoms with E-state index in [-0.39, 0.29) is 53.9 Å². The number of esters is 2. The Labute approximate surface area is 397 Å². The van der Waals surface area contributed by atoms with Gasteiger partial charge < -0.3 is 14.0 Å². The standard InChI is InChI=1S/C52H90O7S.Na/c1-3-5-7-9-11-13-15-17-19-21-23-25-27-29-31-33-35-37-39-41-45-58-51(53)49-44-43-48(60(55,56)57)47-50(49)52(54)59-46-42-40-38-36-34-32-30-28-26-24-22-20-18-16-14-12-10-8-6-4-2;/h21-24,43-44,47H,3-20,25-42,45-46H2,1-2H3,(H,55,56,57);/q;+1/p-1/b23-21+,24-22+;. The van der Waals surface area contributed by atoms with Gasteiger partial charge in [0.25, 0.3) is 0 Å². The van der Waals surface area contributed by atoms with Crippen molar-refractivity contribution in [3.8, 4) is 0 Å². The van der Waals surface area contributed by atoms with Crippen LogP contribution in [0.2, 0.25) is 0 Å². The first kappa shape index (κ1) is 59.5. The molecule has 7 nitrogen and oxygen atoms in total. The Morgan fingerprint density at radius 2 is 0.721 bits per heavy atom. The smallest absolute Gasteiger partial charge is 0.744 e.